The Bertz CT molecular complexity index is 922. The summed E-state index contributed by atoms with van der Waals surface area (Å²) in [7, 11) is -1.23. The Morgan fingerprint density at radius 1 is 1.04 bits per heavy atom. The van der Waals surface area contributed by atoms with Crippen LogP contribution in [0.4, 0.5) is 0 Å². The van der Waals surface area contributed by atoms with Crippen LogP contribution >= 0.6 is 15.9 Å². The first kappa shape index (κ1) is 19.6. The van der Waals surface area contributed by atoms with Crippen molar-refractivity contribution in [2.24, 2.45) is 0 Å². The van der Waals surface area contributed by atoms with E-state index in [1.807, 2.05) is 61.5 Å². The Hall–Kier alpha value is -2.18. The van der Waals surface area contributed by atoms with Crippen molar-refractivity contribution in [2.45, 2.75) is 24.1 Å². The predicted molar refractivity (Wildman–Crippen MR) is 110 cm³/mol. The molecule has 27 heavy (non-hydrogen) atoms. The van der Waals surface area contributed by atoms with E-state index in [4.69, 9.17) is 4.42 Å². The van der Waals surface area contributed by atoms with Gasteiger partial charge in [-0.2, -0.15) is 0 Å². The van der Waals surface area contributed by atoms with Gasteiger partial charge in [0.2, 0.25) is 0 Å². The SMILES string of the molecule is CCN(Cc1ccccc1)C(=O)c1ccc(C[S@@](=O)c2ccc(Br)cc2)o1. The van der Waals surface area contributed by atoms with E-state index in [-0.39, 0.29) is 17.4 Å². The summed E-state index contributed by atoms with van der Waals surface area (Å²) in [6, 6.07) is 20.6. The van der Waals surface area contributed by atoms with E-state index in [9.17, 15) is 9.00 Å². The van der Waals surface area contributed by atoms with Gasteiger partial charge in [0.05, 0.1) is 16.6 Å². The molecule has 1 aromatic heterocycles. The van der Waals surface area contributed by atoms with Gasteiger partial charge in [-0.25, -0.2) is 0 Å². The number of carbonyl (C=O) groups excluding carboxylic acids is 1. The van der Waals surface area contributed by atoms with Crippen LogP contribution < -0.4 is 0 Å². The molecule has 0 unspecified atom stereocenters. The molecule has 1 heterocycles. The molecule has 0 N–H and O–H groups in total. The summed E-state index contributed by atoms with van der Waals surface area (Å²) in [6.07, 6.45) is 0. The third-order valence-corrected chi connectivity index (χ3v) is 5.98. The maximum atomic E-state index is 12.7. The van der Waals surface area contributed by atoms with Crippen molar-refractivity contribution in [3.63, 3.8) is 0 Å². The minimum atomic E-state index is -1.23. The number of hydrogen-bond donors (Lipinski definition) is 0. The monoisotopic (exact) mass is 445 g/mol. The molecular weight excluding hydrogens is 426 g/mol. The first-order chi connectivity index (χ1) is 13.1. The minimum absolute atomic E-state index is 0.165. The fraction of sp³-hybridized carbons (Fsp3) is 0.190. The molecule has 0 spiro atoms. The third kappa shape index (κ3) is 5.17. The van der Waals surface area contributed by atoms with Crippen molar-refractivity contribution in [3.05, 3.63) is 88.3 Å². The zero-order chi connectivity index (χ0) is 19.2. The van der Waals surface area contributed by atoms with E-state index in [1.54, 1.807) is 17.0 Å². The average Bonchev–Trinajstić information content (AvgIpc) is 3.15. The average molecular weight is 446 g/mol. The quantitative estimate of drug-likeness (QED) is 0.513. The molecule has 2 aromatic carbocycles. The molecule has 4 nitrogen and oxygen atoms in total. The van der Waals surface area contributed by atoms with E-state index >= 15 is 0 Å². The van der Waals surface area contributed by atoms with Crippen LogP contribution in [0.25, 0.3) is 0 Å². The summed E-state index contributed by atoms with van der Waals surface area (Å²) >= 11 is 3.36. The largest absolute Gasteiger partial charge is 0.455 e. The van der Waals surface area contributed by atoms with Gasteiger partial charge in [0.1, 0.15) is 5.76 Å². The van der Waals surface area contributed by atoms with Crippen LogP contribution in [-0.4, -0.2) is 21.6 Å². The van der Waals surface area contributed by atoms with Crippen molar-refractivity contribution in [1.82, 2.24) is 4.90 Å². The maximum Gasteiger partial charge on any atom is 0.289 e. The van der Waals surface area contributed by atoms with Crippen LogP contribution in [0.2, 0.25) is 0 Å². The summed E-state index contributed by atoms with van der Waals surface area (Å²) in [5.41, 5.74) is 1.07. The molecule has 1 atom stereocenters. The zero-order valence-corrected chi connectivity index (χ0v) is 17.3. The van der Waals surface area contributed by atoms with Crippen LogP contribution in [0.5, 0.6) is 0 Å². The summed E-state index contributed by atoms with van der Waals surface area (Å²) in [5.74, 6) is 0.882. The highest BCUT2D eigenvalue weighted by atomic mass is 79.9. The summed E-state index contributed by atoms with van der Waals surface area (Å²) in [5, 5.41) is 0. The second kappa shape index (κ2) is 9.15. The normalized spacial score (nSPS) is 11.9. The van der Waals surface area contributed by atoms with Gasteiger partial charge in [-0.15, -0.1) is 0 Å². The predicted octanol–water partition coefficient (Wildman–Crippen LogP) is 5.01. The zero-order valence-electron chi connectivity index (χ0n) is 14.9. The standard InChI is InChI=1S/C21H20BrNO3S/c1-2-23(14-16-6-4-3-5-7-16)21(24)20-13-10-18(26-20)15-27(25)19-11-8-17(22)9-12-19/h3-13H,2,14-15H2,1H3/t27-/m1/s1. The lowest BCUT2D eigenvalue weighted by molar-refractivity contribution is 0.0719. The van der Waals surface area contributed by atoms with Crippen LogP contribution in [0.3, 0.4) is 0 Å². The highest BCUT2D eigenvalue weighted by Crippen LogP contribution is 2.19. The molecule has 0 radical (unpaired) electrons. The number of nitrogens with zero attached hydrogens (tertiary/aromatic N) is 1. The summed E-state index contributed by atoms with van der Waals surface area (Å²) < 4.78 is 19.1. The molecule has 0 aliphatic heterocycles. The van der Waals surface area contributed by atoms with E-state index in [0.717, 1.165) is 14.9 Å². The molecular formula is C21H20BrNO3S. The lowest BCUT2D eigenvalue weighted by Gasteiger charge is -2.19. The fourth-order valence-electron chi connectivity index (χ4n) is 2.66. The van der Waals surface area contributed by atoms with Gasteiger partial charge in [0, 0.05) is 22.5 Å². The molecule has 0 saturated heterocycles. The molecule has 140 valence electrons. The minimum Gasteiger partial charge on any atom is -0.455 e. The van der Waals surface area contributed by atoms with Gasteiger partial charge in [-0.3, -0.25) is 9.00 Å². The van der Waals surface area contributed by atoms with Crippen molar-refractivity contribution >= 4 is 32.6 Å². The van der Waals surface area contributed by atoms with Gasteiger partial charge in [0.25, 0.3) is 5.91 Å². The smallest absolute Gasteiger partial charge is 0.289 e. The number of halogens is 1. The molecule has 0 fully saturated rings. The van der Waals surface area contributed by atoms with E-state index in [0.29, 0.717) is 18.8 Å². The molecule has 3 aromatic rings. The highest BCUT2D eigenvalue weighted by molar-refractivity contribution is 9.10. The van der Waals surface area contributed by atoms with Crippen LogP contribution in [0, 0.1) is 0 Å². The lowest BCUT2D eigenvalue weighted by atomic mass is 10.2. The van der Waals surface area contributed by atoms with Gasteiger partial charge in [-0.1, -0.05) is 46.3 Å². The second-order valence-electron chi connectivity index (χ2n) is 6.01. The first-order valence-corrected chi connectivity index (χ1v) is 10.7. The van der Waals surface area contributed by atoms with Gasteiger partial charge in [-0.05, 0) is 48.9 Å². The Morgan fingerprint density at radius 3 is 2.41 bits per heavy atom. The maximum absolute atomic E-state index is 12.7. The van der Waals surface area contributed by atoms with E-state index in [1.165, 1.54) is 0 Å². The van der Waals surface area contributed by atoms with Crippen molar-refractivity contribution in [3.8, 4) is 0 Å². The Kier molecular flexibility index (Phi) is 6.63. The van der Waals surface area contributed by atoms with Gasteiger partial charge < -0.3 is 9.32 Å². The molecule has 0 bridgehead atoms. The fourth-order valence-corrected chi connectivity index (χ4v) is 3.94. The number of benzene rings is 2. The molecule has 1 amide bonds. The van der Waals surface area contributed by atoms with Crippen molar-refractivity contribution in [1.29, 1.82) is 0 Å². The van der Waals surface area contributed by atoms with Gasteiger partial charge in [0.15, 0.2) is 5.76 Å². The molecule has 0 saturated carbocycles. The van der Waals surface area contributed by atoms with Crippen LogP contribution in [-0.2, 0) is 23.1 Å². The van der Waals surface area contributed by atoms with E-state index < -0.39 is 10.8 Å². The molecule has 6 heteroatoms. The Labute approximate surface area is 169 Å². The lowest BCUT2D eigenvalue weighted by Crippen LogP contribution is -2.29. The Morgan fingerprint density at radius 2 is 1.74 bits per heavy atom. The Balaban J connectivity index is 1.67. The molecule has 3 rings (SSSR count). The molecule has 0 aliphatic rings. The molecule has 0 aliphatic carbocycles. The van der Waals surface area contributed by atoms with Crippen molar-refractivity contribution in [2.75, 3.05) is 6.54 Å². The van der Waals surface area contributed by atoms with E-state index in [2.05, 4.69) is 15.9 Å². The number of rotatable bonds is 7. The number of hydrogen-bond acceptors (Lipinski definition) is 3. The van der Waals surface area contributed by atoms with Crippen molar-refractivity contribution < 1.29 is 13.4 Å². The number of furan rings is 1. The number of carbonyl (C=O) groups is 1. The van der Waals surface area contributed by atoms with Crippen LogP contribution in [0.1, 0.15) is 28.8 Å². The summed E-state index contributed by atoms with van der Waals surface area (Å²) in [4.78, 5) is 15.2. The third-order valence-electron chi connectivity index (χ3n) is 4.11. The first-order valence-electron chi connectivity index (χ1n) is 8.62. The van der Waals surface area contributed by atoms with Gasteiger partial charge >= 0.3 is 0 Å². The second-order valence-corrected chi connectivity index (χ2v) is 8.38. The highest BCUT2D eigenvalue weighted by Gasteiger charge is 2.19. The summed E-state index contributed by atoms with van der Waals surface area (Å²) in [6.45, 7) is 3.04. The number of amides is 1. The topological polar surface area (TPSA) is 50.5 Å². The van der Waals surface area contributed by atoms with Crippen LogP contribution in [0.15, 0.2) is 80.5 Å².